The second-order valence-electron chi connectivity index (χ2n) is 5.10. The molecular weight excluding hydrogens is 222 g/mol. The molecule has 0 aliphatic carbocycles. The lowest BCUT2D eigenvalue weighted by Crippen LogP contribution is -2.43. The molecule has 0 unspecified atom stereocenters. The van der Waals surface area contributed by atoms with E-state index in [0.29, 0.717) is 0 Å². The van der Waals surface area contributed by atoms with E-state index in [1.165, 1.54) is 5.56 Å². The van der Waals surface area contributed by atoms with Gasteiger partial charge in [0.15, 0.2) is 5.96 Å². The predicted molar refractivity (Wildman–Crippen MR) is 79.1 cm³/mol. The van der Waals surface area contributed by atoms with Crippen LogP contribution in [0.4, 0.5) is 0 Å². The van der Waals surface area contributed by atoms with Gasteiger partial charge in [0.1, 0.15) is 0 Å². The lowest BCUT2D eigenvalue weighted by molar-refractivity contribution is 0.508. The third-order valence-electron chi connectivity index (χ3n) is 3.02. The zero-order valence-corrected chi connectivity index (χ0v) is 12.0. The first-order valence-corrected chi connectivity index (χ1v) is 6.60. The van der Waals surface area contributed by atoms with Crippen molar-refractivity contribution in [2.24, 2.45) is 4.99 Å². The van der Waals surface area contributed by atoms with E-state index >= 15 is 0 Å². The molecular formula is C15H25N3. The second kappa shape index (κ2) is 7.04. The second-order valence-corrected chi connectivity index (χ2v) is 5.10. The molecule has 0 saturated heterocycles. The molecule has 0 saturated carbocycles. The van der Waals surface area contributed by atoms with Crippen LogP contribution in [0.3, 0.4) is 0 Å². The van der Waals surface area contributed by atoms with Crippen LogP contribution >= 0.6 is 0 Å². The van der Waals surface area contributed by atoms with Crippen molar-refractivity contribution in [2.45, 2.75) is 32.6 Å². The first-order valence-electron chi connectivity index (χ1n) is 6.60. The lowest BCUT2D eigenvalue weighted by Gasteiger charge is -2.26. The van der Waals surface area contributed by atoms with Crippen molar-refractivity contribution in [2.75, 3.05) is 20.1 Å². The fraction of sp³-hybridized carbons (Fsp3) is 0.533. The van der Waals surface area contributed by atoms with Crippen LogP contribution in [0.2, 0.25) is 0 Å². The fourth-order valence-corrected chi connectivity index (χ4v) is 1.76. The molecule has 0 atom stereocenters. The van der Waals surface area contributed by atoms with Crippen molar-refractivity contribution >= 4 is 5.96 Å². The zero-order chi connectivity index (χ0) is 13.4. The minimum atomic E-state index is 0.0884. The van der Waals surface area contributed by atoms with Crippen molar-refractivity contribution in [3.8, 4) is 0 Å². The molecule has 1 aromatic carbocycles. The van der Waals surface area contributed by atoms with Gasteiger partial charge in [0.2, 0.25) is 0 Å². The van der Waals surface area contributed by atoms with Crippen molar-refractivity contribution in [3.05, 3.63) is 35.9 Å². The van der Waals surface area contributed by atoms with Gasteiger partial charge in [-0.3, -0.25) is 4.99 Å². The van der Waals surface area contributed by atoms with Gasteiger partial charge in [-0.15, -0.1) is 0 Å². The summed E-state index contributed by atoms with van der Waals surface area (Å²) in [5, 5.41) is 6.66. The summed E-state index contributed by atoms with van der Waals surface area (Å²) in [4.78, 5) is 4.22. The Balaban J connectivity index is 2.56. The summed E-state index contributed by atoms with van der Waals surface area (Å²) in [6.45, 7) is 8.44. The zero-order valence-electron chi connectivity index (χ0n) is 12.0. The average Bonchev–Trinajstić information content (AvgIpc) is 2.40. The minimum Gasteiger partial charge on any atom is -0.356 e. The summed E-state index contributed by atoms with van der Waals surface area (Å²) >= 11 is 0. The first kappa shape index (κ1) is 14.6. The molecule has 0 spiro atoms. The molecule has 0 aromatic heterocycles. The van der Waals surface area contributed by atoms with Gasteiger partial charge in [-0.05, 0) is 12.0 Å². The molecule has 2 N–H and O–H groups in total. The van der Waals surface area contributed by atoms with Gasteiger partial charge >= 0.3 is 0 Å². The highest BCUT2D eigenvalue weighted by Crippen LogP contribution is 2.21. The number of hydrogen-bond acceptors (Lipinski definition) is 1. The molecule has 1 rings (SSSR count). The maximum absolute atomic E-state index is 4.22. The molecule has 0 aliphatic rings. The van der Waals surface area contributed by atoms with E-state index in [4.69, 9.17) is 0 Å². The van der Waals surface area contributed by atoms with E-state index in [9.17, 15) is 0 Å². The summed E-state index contributed by atoms with van der Waals surface area (Å²) in [6.07, 6.45) is 1.10. The highest BCUT2D eigenvalue weighted by Gasteiger charge is 2.20. The number of guanidine groups is 1. The van der Waals surface area contributed by atoms with Gasteiger partial charge < -0.3 is 10.6 Å². The van der Waals surface area contributed by atoms with Crippen molar-refractivity contribution < 1.29 is 0 Å². The van der Waals surface area contributed by atoms with Crippen LogP contribution in [0.15, 0.2) is 35.3 Å². The average molecular weight is 247 g/mol. The Morgan fingerprint density at radius 3 is 2.39 bits per heavy atom. The SMILES string of the molecule is CCCNC(=NC)NCC(C)(C)c1ccccc1. The number of aliphatic imine (C=N–C) groups is 1. The Hall–Kier alpha value is -1.51. The van der Waals surface area contributed by atoms with Crippen LogP contribution in [0.1, 0.15) is 32.8 Å². The number of benzene rings is 1. The van der Waals surface area contributed by atoms with Gasteiger partial charge in [-0.25, -0.2) is 0 Å². The topological polar surface area (TPSA) is 36.4 Å². The molecule has 0 amide bonds. The van der Waals surface area contributed by atoms with E-state index in [1.54, 1.807) is 7.05 Å². The summed E-state index contributed by atoms with van der Waals surface area (Å²) in [5.41, 5.74) is 1.42. The van der Waals surface area contributed by atoms with Crippen LogP contribution < -0.4 is 10.6 Å². The number of rotatable bonds is 5. The van der Waals surface area contributed by atoms with Crippen LogP contribution in [0, 0.1) is 0 Å². The molecule has 100 valence electrons. The Morgan fingerprint density at radius 1 is 1.17 bits per heavy atom. The first-order chi connectivity index (χ1) is 8.60. The van der Waals surface area contributed by atoms with Gasteiger partial charge in [-0.2, -0.15) is 0 Å². The van der Waals surface area contributed by atoms with Gasteiger partial charge in [0.25, 0.3) is 0 Å². The molecule has 0 fully saturated rings. The molecule has 3 nitrogen and oxygen atoms in total. The van der Waals surface area contributed by atoms with Crippen LogP contribution in [0.5, 0.6) is 0 Å². The quantitative estimate of drug-likeness (QED) is 0.619. The number of nitrogens with zero attached hydrogens (tertiary/aromatic N) is 1. The molecule has 0 aliphatic heterocycles. The predicted octanol–water partition coefficient (Wildman–Crippen LogP) is 2.54. The minimum absolute atomic E-state index is 0.0884. The van der Waals surface area contributed by atoms with E-state index in [0.717, 1.165) is 25.5 Å². The Kier molecular flexibility index (Phi) is 5.69. The highest BCUT2D eigenvalue weighted by atomic mass is 15.2. The summed E-state index contributed by atoms with van der Waals surface area (Å²) in [7, 11) is 1.81. The highest BCUT2D eigenvalue weighted by molar-refractivity contribution is 5.79. The lowest BCUT2D eigenvalue weighted by atomic mass is 9.85. The van der Waals surface area contributed by atoms with Crippen LogP contribution in [0.25, 0.3) is 0 Å². The fourth-order valence-electron chi connectivity index (χ4n) is 1.76. The Morgan fingerprint density at radius 2 is 1.83 bits per heavy atom. The molecule has 18 heavy (non-hydrogen) atoms. The maximum Gasteiger partial charge on any atom is 0.191 e. The maximum atomic E-state index is 4.22. The standard InChI is InChI=1S/C15H25N3/c1-5-11-17-14(16-4)18-12-15(2,3)13-9-7-6-8-10-13/h6-10H,5,11-12H2,1-4H3,(H2,16,17,18). The smallest absolute Gasteiger partial charge is 0.191 e. The summed E-state index contributed by atoms with van der Waals surface area (Å²) < 4.78 is 0. The third-order valence-corrected chi connectivity index (χ3v) is 3.02. The van der Waals surface area contributed by atoms with Crippen molar-refractivity contribution in [3.63, 3.8) is 0 Å². The van der Waals surface area contributed by atoms with Crippen LogP contribution in [-0.2, 0) is 5.41 Å². The van der Waals surface area contributed by atoms with E-state index in [1.807, 2.05) is 0 Å². The summed E-state index contributed by atoms with van der Waals surface area (Å²) in [5.74, 6) is 0.876. The number of hydrogen-bond donors (Lipinski definition) is 2. The number of nitrogens with one attached hydrogen (secondary N) is 2. The molecule has 0 heterocycles. The third kappa shape index (κ3) is 4.40. The van der Waals surface area contributed by atoms with Crippen molar-refractivity contribution in [1.29, 1.82) is 0 Å². The van der Waals surface area contributed by atoms with E-state index < -0.39 is 0 Å². The van der Waals surface area contributed by atoms with Crippen LogP contribution in [-0.4, -0.2) is 26.1 Å². The molecule has 1 aromatic rings. The monoisotopic (exact) mass is 247 g/mol. The molecule has 0 radical (unpaired) electrons. The van der Waals surface area contributed by atoms with Gasteiger partial charge in [-0.1, -0.05) is 51.1 Å². The summed E-state index contributed by atoms with van der Waals surface area (Å²) in [6, 6.07) is 10.6. The normalized spacial score (nSPS) is 12.3. The van der Waals surface area contributed by atoms with E-state index in [2.05, 4.69) is 66.7 Å². The molecule has 3 heteroatoms. The largest absolute Gasteiger partial charge is 0.356 e. The Bertz CT molecular complexity index is 369. The Labute approximate surface area is 111 Å². The van der Waals surface area contributed by atoms with Gasteiger partial charge in [0, 0.05) is 25.6 Å². The van der Waals surface area contributed by atoms with Crippen molar-refractivity contribution in [1.82, 2.24) is 10.6 Å². The van der Waals surface area contributed by atoms with E-state index in [-0.39, 0.29) is 5.41 Å². The molecule has 0 bridgehead atoms. The van der Waals surface area contributed by atoms with Gasteiger partial charge in [0.05, 0.1) is 0 Å².